The first-order valence-electron chi connectivity index (χ1n) is 6.76. The number of halogens is 3. The zero-order chi connectivity index (χ0) is 15.0. The van der Waals surface area contributed by atoms with Crippen molar-refractivity contribution in [1.82, 2.24) is 14.8 Å². The van der Waals surface area contributed by atoms with Crippen molar-refractivity contribution < 1.29 is 17.9 Å². The van der Waals surface area contributed by atoms with Crippen LogP contribution in [0.4, 0.5) is 13.2 Å². The third-order valence-electron chi connectivity index (χ3n) is 3.54. The molecule has 1 aliphatic heterocycles. The average molecular weight is 300 g/mol. The van der Waals surface area contributed by atoms with E-state index in [0.717, 1.165) is 12.8 Å². The topological polar surface area (TPSA) is 66.0 Å². The van der Waals surface area contributed by atoms with Gasteiger partial charge in [0.05, 0.1) is 5.39 Å². The normalized spacial score (nSPS) is 20.1. The van der Waals surface area contributed by atoms with Gasteiger partial charge in [0.25, 0.3) is 0 Å². The fourth-order valence-electron chi connectivity index (χ4n) is 2.51. The molecule has 0 amide bonds. The van der Waals surface area contributed by atoms with Crippen molar-refractivity contribution in [3.05, 3.63) is 23.5 Å². The van der Waals surface area contributed by atoms with Crippen molar-refractivity contribution in [1.29, 1.82) is 0 Å². The van der Waals surface area contributed by atoms with Gasteiger partial charge in [-0.05, 0) is 30.9 Å². The first-order chi connectivity index (χ1) is 10.0. The fraction of sp³-hybridized carbons (Fsp3) is 0.538. The highest BCUT2D eigenvalue weighted by Crippen LogP contribution is 2.36. The Morgan fingerprint density at radius 2 is 2.19 bits per heavy atom. The second-order valence-electron chi connectivity index (χ2n) is 5.03. The Balaban J connectivity index is 2.16. The molecule has 3 heterocycles. The van der Waals surface area contributed by atoms with Crippen LogP contribution in [0.2, 0.25) is 0 Å². The van der Waals surface area contributed by atoms with E-state index in [1.165, 1.54) is 16.9 Å². The molecule has 0 aromatic carbocycles. The number of aromatic nitrogens is 3. The number of fused-ring (bicyclic) bond motifs is 1. The second kappa shape index (κ2) is 5.27. The molecule has 21 heavy (non-hydrogen) atoms. The molecule has 1 unspecified atom stereocenters. The summed E-state index contributed by atoms with van der Waals surface area (Å²) in [7, 11) is 0. The van der Waals surface area contributed by atoms with Crippen LogP contribution in [0.15, 0.2) is 12.3 Å². The van der Waals surface area contributed by atoms with Crippen LogP contribution < -0.4 is 5.73 Å². The van der Waals surface area contributed by atoms with Crippen LogP contribution in [-0.4, -0.2) is 21.4 Å². The minimum atomic E-state index is -4.53. The van der Waals surface area contributed by atoms with Crippen LogP contribution in [0, 0.1) is 0 Å². The molecule has 2 aromatic heterocycles. The molecule has 5 nitrogen and oxygen atoms in total. The Bertz CT molecular complexity index is 647. The van der Waals surface area contributed by atoms with Crippen molar-refractivity contribution >= 4 is 11.0 Å². The quantitative estimate of drug-likeness (QED) is 0.926. The number of pyridine rings is 1. The number of ether oxygens (including phenoxy) is 1. The maximum atomic E-state index is 13.2. The van der Waals surface area contributed by atoms with Crippen LogP contribution in [0.25, 0.3) is 11.0 Å². The third kappa shape index (κ3) is 2.60. The lowest BCUT2D eigenvalue weighted by atomic mass is 10.2. The third-order valence-corrected chi connectivity index (χ3v) is 3.54. The van der Waals surface area contributed by atoms with Gasteiger partial charge in [-0.1, -0.05) is 0 Å². The number of alkyl halides is 3. The van der Waals surface area contributed by atoms with Crippen LogP contribution in [0.5, 0.6) is 0 Å². The molecule has 2 N–H and O–H groups in total. The first kappa shape index (κ1) is 14.3. The molecule has 1 atom stereocenters. The van der Waals surface area contributed by atoms with Crippen molar-refractivity contribution in [3.8, 4) is 0 Å². The maximum Gasteiger partial charge on any atom is 0.435 e. The molecule has 0 spiro atoms. The Kier molecular flexibility index (Phi) is 3.58. The summed E-state index contributed by atoms with van der Waals surface area (Å²) in [6.07, 6.45) is -1.11. The van der Waals surface area contributed by atoms with E-state index in [1.807, 2.05) is 0 Å². The van der Waals surface area contributed by atoms with Gasteiger partial charge in [-0.3, -0.25) is 0 Å². The van der Waals surface area contributed by atoms with Gasteiger partial charge in [-0.15, -0.1) is 0 Å². The van der Waals surface area contributed by atoms with E-state index in [0.29, 0.717) is 18.6 Å². The van der Waals surface area contributed by atoms with Crippen LogP contribution in [0.1, 0.15) is 36.7 Å². The molecule has 0 radical (unpaired) electrons. The lowest BCUT2D eigenvalue weighted by Gasteiger charge is -2.23. The molecule has 1 aliphatic rings. The minimum absolute atomic E-state index is 0.0281. The summed E-state index contributed by atoms with van der Waals surface area (Å²) in [6.45, 7) is 0.652. The van der Waals surface area contributed by atoms with Gasteiger partial charge in [-0.25, -0.2) is 9.67 Å². The summed E-state index contributed by atoms with van der Waals surface area (Å²) in [5, 5.41) is 3.69. The summed E-state index contributed by atoms with van der Waals surface area (Å²) >= 11 is 0. The van der Waals surface area contributed by atoms with Gasteiger partial charge < -0.3 is 10.5 Å². The van der Waals surface area contributed by atoms with E-state index in [-0.39, 0.29) is 17.6 Å². The van der Waals surface area contributed by atoms with Gasteiger partial charge in [0.2, 0.25) is 0 Å². The van der Waals surface area contributed by atoms with Crippen LogP contribution >= 0.6 is 0 Å². The van der Waals surface area contributed by atoms with E-state index in [1.54, 1.807) is 0 Å². The van der Waals surface area contributed by atoms with E-state index >= 15 is 0 Å². The van der Waals surface area contributed by atoms with Gasteiger partial charge >= 0.3 is 6.18 Å². The number of hydrogen-bond acceptors (Lipinski definition) is 4. The molecule has 2 aromatic rings. The lowest BCUT2D eigenvalue weighted by molar-refractivity contribution is -0.141. The Labute approximate surface area is 118 Å². The van der Waals surface area contributed by atoms with E-state index in [9.17, 15) is 13.2 Å². The summed E-state index contributed by atoms with van der Waals surface area (Å²) < 4.78 is 46.2. The average Bonchev–Trinajstić information content (AvgIpc) is 2.86. The predicted molar refractivity (Wildman–Crippen MR) is 69.3 cm³/mol. The van der Waals surface area contributed by atoms with Gasteiger partial charge in [0.1, 0.15) is 0 Å². The number of nitrogens with zero attached hydrogens (tertiary/aromatic N) is 3. The van der Waals surface area contributed by atoms with Crippen LogP contribution in [0.3, 0.4) is 0 Å². The lowest BCUT2D eigenvalue weighted by Crippen LogP contribution is -2.20. The van der Waals surface area contributed by atoms with Crippen molar-refractivity contribution in [2.75, 3.05) is 6.61 Å². The summed E-state index contributed by atoms with van der Waals surface area (Å²) in [6, 6.07) is 1.40. The summed E-state index contributed by atoms with van der Waals surface area (Å²) in [4.78, 5) is 4.10. The standard InChI is InChI=1S/C13H15F3N4O/c14-13(15,16)11-9-5-8(6-17)7-18-12(9)20(19-11)10-3-1-2-4-21-10/h5,7,10H,1-4,6,17H2. The van der Waals surface area contributed by atoms with Gasteiger partial charge in [0.15, 0.2) is 17.6 Å². The Hall–Kier alpha value is -1.67. The predicted octanol–water partition coefficient (Wildman–Crippen LogP) is 2.61. The monoisotopic (exact) mass is 300 g/mol. The van der Waals surface area contributed by atoms with E-state index in [2.05, 4.69) is 10.1 Å². The molecule has 114 valence electrons. The SMILES string of the molecule is NCc1cnc2c(c1)c(C(F)(F)F)nn2C1CCCCO1. The molecule has 1 fully saturated rings. The van der Waals surface area contributed by atoms with Gasteiger partial charge in [-0.2, -0.15) is 18.3 Å². The highest BCUT2D eigenvalue weighted by Gasteiger charge is 2.38. The smallest absolute Gasteiger partial charge is 0.356 e. The molecule has 0 aliphatic carbocycles. The Morgan fingerprint density at radius 1 is 1.38 bits per heavy atom. The summed E-state index contributed by atoms with van der Waals surface area (Å²) in [5.41, 5.74) is 5.27. The first-order valence-corrected chi connectivity index (χ1v) is 6.76. The molecular weight excluding hydrogens is 285 g/mol. The largest absolute Gasteiger partial charge is 0.435 e. The molecule has 3 rings (SSSR count). The molecule has 0 saturated carbocycles. The van der Waals surface area contributed by atoms with E-state index < -0.39 is 18.1 Å². The second-order valence-corrected chi connectivity index (χ2v) is 5.03. The van der Waals surface area contributed by atoms with Crippen LogP contribution in [-0.2, 0) is 17.5 Å². The van der Waals surface area contributed by atoms with Crippen molar-refractivity contribution in [2.45, 2.75) is 38.2 Å². The Morgan fingerprint density at radius 3 is 2.81 bits per heavy atom. The fourth-order valence-corrected chi connectivity index (χ4v) is 2.51. The highest BCUT2D eigenvalue weighted by molar-refractivity contribution is 5.79. The zero-order valence-corrected chi connectivity index (χ0v) is 11.2. The molecule has 1 saturated heterocycles. The van der Waals surface area contributed by atoms with E-state index in [4.69, 9.17) is 10.5 Å². The number of nitrogens with two attached hydrogens (primary N) is 1. The maximum absolute atomic E-state index is 13.2. The molecule has 0 bridgehead atoms. The van der Waals surface area contributed by atoms with Crippen molar-refractivity contribution in [2.24, 2.45) is 5.73 Å². The van der Waals surface area contributed by atoms with Crippen molar-refractivity contribution in [3.63, 3.8) is 0 Å². The van der Waals surface area contributed by atoms with Gasteiger partial charge in [0, 0.05) is 19.3 Å². The number of rotatable bonds is 2. The summed E-state index contributed by atoms with van der Waals surface area (Å²) in [5.74, 6) is 0. The highest BCUT2D eigenvalue weighted by atomic mass is 19.4. The molecule has 8 heteroatoms. The number of hydrogen-bond donors (Lipinski definition) is 1. The zero-order valence-electron chi connectivity index (χ0n) is 11.2. The minimum Gasteiger partial charge on any atom is -0.356 e. The molecular formula is C13H15F3N4O.